The molecule has 1 aliphatic carbocycles. The number of rotatable bonds is 1. The molecule has 1 aliphatic heterocycles. The fraction of sp³-hybridized carbons (Fsp3) is 1.00. The summed E-state index contributed by atoms with van der Waals surface area (Å²) in [7, 11) is 0. The highest BCUT2D eigenvalue weighted by Crippen LogP contribution is 2.43. The standard InChI is InChI=1S/C6H10N2O2/c9-7-8-3-4-10-5-6(8)1-2-6/h1-5H2. The lowest BCUT2D eigenvalue weighted by molar-refractivity contribution is -0.0200. The summed E-state index contributed by atoms with van der Waals surface area (Å²) in [5.41, 5.74) is 0.0278. The van der Waals surface area contributed by atoms with Crippen molar-refractivity contribution in [3.8, 4) is 0 Å². The lowest BCUT2D eigenvalue weighted by Crippen LogP contribution is -2.43. The number of ether oxygens (including phenoxy) is 1. The summed E-state index contributed by atoms with van der Waals surface area (Å²) in [4.78, 5) is 10.2. The van der Waals surface area contributed by atoms with Gasteiger partial charge in [0, 0.05) is 0 Å². The van der Waals surface area contributed by atoms with Gasteiger partial charge in [-0.25, -0.2) is 0 Å². The molecule has 1 spiro atoms. The van der Waals surface area contributed by atoms with Gasteiger partial charge >= 0.3 is 0 Å². The van der Waals surface area contributed by atoms with E-state index in [1.807, 2.05) is 0 Å². The molecular formula is C6H10N2O2. The van der Waals surface area contributed by atoms with Gasteiger partial charge in [-0.05, 0) is 12.8 Å². The SMILES string of the molecule is O=NN1CCOCC12CC2. The number of hydrogen-bond donors (Lipinski definition) is 0. The van der Waals surface area contributed by atoms with Crippen LogP contribution < -0.4 is 0 Å². The van der Waals surface area contributed by atoms with E-state index in [-0.39, 0.29) is 5.54 Å². The Kier molecular flexibility index (Phi) is 1.17. The molecule has 4 nitrogen and oxygen atoms in total. The van der Waals surface area contributed by atoms with Gasteiger partial charge in [0.15, 0.2) is 0 Å². The van der Waals surface area contributed by atoms with E-state index in [0.29, 0.717) is 19.8 Å². The monoisotopic (exact) mass is 142 g/mol. The predicted octanol–water partition coefficient (Wildman–Crippen LogP) is 0.533. The summed E-state index contributed by atoms with van der Waals surface area (Å²) in [6.07, 6.45) is 2.14. The zero-order valence-corrected chi connectivity index (χ0v) is 5.75. The minimum Gasteiger partial charge on any atom is -0.377 e. The van der Waals surface area contributed by atoms with Gasteiger partial charge in [0.1, 0.15) is 0 Å². The Labute approximate surface area is 59.1 Å². The summed E-state index contributed by atoms with van der Waals surface area (Å²) < 4.78 is 5.24. The normalized spacial score (nSPS) is 28.6. The minimum absolute atomic E-state index is 0.0278. The first-order valence-electron chi connectivity index (χ1n) is 3.56. The first kappa shape index (κ1) is 6.09. The molecule has 0 unspecified atom stereocenters. The van der Waals surface area contributed by atoms with E-state index >= 15 is 0 Å². The molecule has 10 heavy (non-hydrogen) atoms. The van der Waals surface area contributed by atoms with E-state index in [4.69, 9.17) is 4.74 Å². The molecule has 0 aromatic carbocycles. The van der Waals surface area contributed by atoms with Crippen LogP contribution in [0.2, 0.25) is 0 Å². The quantitative estimate of drug-likeness (QED) is 0.501. The number of hydrogen-bond acceptors (Lipinski definition) is 3. The van der Waals surface area contributed by atoms with Crippen molar-refractivity contribution in [3.63, 3.8) is 0 Å². The minimum atomic E-state index is 0.0278. The van der Waals surface area contributed by atoms with Gasteiger partial charge in [0.25, 0.3) is 0 Å². The van der Waals surface area contributed by atoms with Crippen molar-refractivity contribution in [3.05, 3.63) is 4.91 Å². The molecule has 0 aromatic rings. The molecule has 0 atom stereocenters. The van der Waals surface area contributed by atoms with Gasteiger partial charge in [0.05, 0.1) is 30.6 Å². The average Bonchev–Trinajstić information content (AvgIpc) is 2.71. The van der Waals surface area contributed by atoms with Crippen LogP contribution in [-0.4, -0.2) is 30.3 Å². The summed E-state index contributed by atoms with van der Waals surface area (Å²) in [6, 6.07) is 0. The molecule has 2 aliphatic rings. The first-order valence-corrected chi connectivity index (χ1v) is 3.56. The average molecular weight is 142 g/mol. The topological polar surface area (TPSA) is 41.9 Å². The van der Waals surface area contributed by atoms with Crippen molar-refractivity contribution in [1.29, 1.82) is 0 Å². The molecule has 2 rings (SSSR count). The summed E-state index contributed by atoms with van der Waals surface area (Å²) in [5, 5.41) is 4.60. The fourth-order valence-corrected chi connectivity index (χ4v) is 1.40. The Morgan fingerprint density at radius 3 is 2.80 bits per heavy atom. The van der Waals surface area contributed by atoms with Crippen LogP contribution in [0.1, 0.15) is 12.8 Å². The molecule has 1 saturated carbocycles. The molecule has 0 N–H and O–H groups in total. The molecule has 0 bridgehead atoms. The van der Waals surface area contributed by atoms with Gasteiger partial charge in [-0.15, -0.1) is 4.91 Å². The number of nitroso groups, excluding NO2 is 1. The van der Waals surface area contributed by atoms with E-state index in [1.165, 1.54) is 0 Å². The summed E-state index contributed by atoms with van der Waals surface area (Å²) >= 11 is 0. The van der Waals surface area contributed by atoms with Crippen LogP contribution in [0.3, 0.4) is 0 Å². The van der Waals surface area contributed by atoms with Gasteiger partial charge in [-0.1, -0.05) is 0 Å². The van der Waals surface area contributed by atoms with Crippen LogP contribution in [0, 0.1) is 4.91 Å². The van der Waals surface area contributed by atoms with Crippen molar-refractivity contribution in [2.45, 2.75) is 18.4 Å². The third-order valence-electron chi connectivity index (χ3n) is 2.29. The lowest BCUT2D eigenvalue weighted by atomic mass is 10.2. The van der Waals surface area contributed by atoms with Crippen LogP contribution >= 0.6 is 0 Å². The third-order valence-corrected chi connectivity index (χ3v) is 2.29. The van der Waals surface area contributed by atoms with Crippen LogP contribution in [0.15, 0.2) is 5.29 Å². The first-order chi connectivity index (χ1) is 4.87. The molecule has 0 aromatic heterocycles. The van der Waals surface area contributed by atoms with Crippen LogP contribution in [0.25, 0.3) is 0 Å². The lowest BCUT2D eigenvalue weighted by Gasteiger charge is -2.30. The molecule has 0 radical (unpaired) electrons. The zero-order valence-electron chi connectivity index (χ0n) is 5.75. The number of morpholine rings is 1. The van der Waals surface area contributed by atoms with E-state index in [0.717, 1.165) is 12.8 Å². The van der Waals surface area contributed by atoms with E-state index in [1.54, 1.807) is 5.01 Å². The Morgan fingerprint density at radius 1 is 1.50 bits per heavy atom. The smallest absolute Gasteiger partial charge is 0.0846 e. The van der Waals surface area contributed by atoms with Gasteiger partial charge in [-0.2, -0.15) is 0 Å². The maximum atomic E-state index is 10.2. The predicted molar refractivity (Wildman–Crippen MR) is 35.3 cm³/mol. The Morgan fingerprint density at radius 2 is 2.30 bits per heavy atom. The molecule has 1 saturated heterocycles. The molecular weight excluding hydrogens is 132 g/mol. The third kappa shape index (κ3) is 0.718. The second-order valence-corrected chi connectivity index (χ2v) is 2.98. The highest BCUT2D eigenvalue weighted by molar-refractivity contribution is 5.04. The van der Waals surface area contributed by atoms with E-state index in [9.17, 15) is 4.91 Å². The Hall–Kier alpha value is -0.640. The Bertz CT molecular complexity index is 156. The van der Waals surface area contributed by atoms with Crippen molar-refractivity contribution in [2.75, 3.05) is 19.8 Å². The van der Waals surface area contributed by atoms with Crippen molar-refractivity contribution in [2.24, 2.45) is 5.29 Å². The maximum Gasteiger partial charge on any atom is 0.0846 e. The van der Waals surface area contributed by atoms with Crippen LogP contribution in [0.4, 0.5) is 0 Å². The second-order valence-electron chi connectivity index (χ2n) is 2.98. The second kappa shape index (κ2) is 1.92. The van der Waals surface area contributed by atoms with Crippen LogP contribution in [0.5, 0.6) is 0 Å². The number of nitrogens with zero attached hydrogens (tertiary/aromatic N) is 2. The van der Waals surface area contributed by atoms with Gasteiger partial charge in [-0.3, -0.25) is 5.01 Å². The largest absolute Gasteiger partial charge is 0.377 e. The van der Waals surface area contributed by atoms with Crippen molar-refractivity contribution >= 4 is 0 Å². The van der Waals surface area contributed by atoms with E-state index in [2.05, 4.69) is 5.29 Å². The maximum absolute atomic E-state index is 10.2. The fourth-order valence-electron chi connectivity index (χ4n) is 1.40. The zero-order chi connectivity index (χ0) is 7.03. The Balaban J connectivity index is 2.07. The summed E-state index contributed by atoms with van der Waals surface area (Å²) in [6.45, 7) is 2.01. The molecule has 0 amide bonds. The van der Waals surface area contributed by atoms with Gasteiger partial charge < -0.3 is 4.74 Å². The van der Waals surface area contributed by atoms with Crippen molar-refractivity contribution < 1.29 is 4.74 Å². The van der Waals surface area contributed by atoms with Crippen LogP contribution in [-0.2, 0) is 4.74 Å². The summed E-state index contributed by atoms with van der Waals surface area (Å²) in [5.74, 6) is 0. The molecule has 4 heteroatoms. The molecule has 56 valence electrons. The van der Waals surface area contributed by atoms with Gasteiger partial charge in [0.2, 0.25) is 0 Å². The molecule has 1 heterocycles. The molecule has 2 fully saturated rings. The highest BCUT2D eigenvalue weighted by Gasteiger charge is 2.50. The van der Waals surface area contributed by atoms with Crippen molar-refractivity contribution in [1.82, 2.24) is 5.01 Å². The van der Waals surface area contributed by atoms with E-state index < -0.39 is 0 Å². The highest BCUT2D eigenvalue weighted by atomic mass is 16.5.